The van der Waals surface area contributed by atoms with Crippen molar-refractivity contribution >= 4 is 23.5 Å². The highest BCUT2D eigenvalue weighted by molar-refractivity contribution is 7.13. The number of hydrogen-bond acceptors (Lipinski definition) is 6. The molecule has 2 N–H and O–H groups in total. The zero-order valence-electron chi connectivity index (χ0n) is 15.2. The van der Waals surface area contributed by atoms with E-state index in [4.69, 9.17) is 9.47 Å². The number of H-pyrrole nitrogens is 1. The number of hydrazone groups is 1. The molecule has 0 spiro atoms. The van der Waals surface area contributed by atoms with Crippen molar-refractivity contribution in [3.05, 3.63) is 53.0 Å². The Bertz CT molecular complexity index is 932. The number of rotatable bonds is 7. The molecular formula is C19H20N4O3S. The zero-order valence-corrected chi connectivity index (χ0v) is 16.0. The Morgan fingerprint density at radius 1 is 1.33 bits per heavy atom. The van der Waals surface area contributed by atoms with Crippen molar-refractivity contribution in [3.63, 3.8) is 0 Å². The van der Waals surface area contributed by atoms with Crippen molar-refractivity contribution < 1.29 is 14.3 Å². The van der Waals surface area contributed by atoms with Crippen LogP contribution in [-0.4, -0.2) is 35.5 Å². The second-order valence-corrected chi connectivity index (χ2v) is 6.86. The third-order valence-electron chi connectivity index (χ3n) is 3.59. The molecule has 0 radical (unpaired) electrons. The second-order valence-electron chi connectivity index (χ2n) is 5.91. The molecule has 0 fully saturated rings. The summed E-state index contributed by atoms with van der Waals surface area (Å²) in [6.07, 6.45) is 3.23. The minimum Gasteiger partial charge on any atom is -0.493 e. The number of thiophene rings is 1. The lowest BCUT2D eigenvalue weighted by atomic mass is 10.2. The van der Waals surface area contributed by atoms with Crippen LogP contribution in [0.1, 0.15) is 29.8 Å². The van der Waals surface area contributed by atoms with Crippen LogP contribution in [0.4, 0.5) is 0 Å². The number of aromatic amines is 1. The summed E-state index contributed by atoms with van der Waals surface area (Å²) in [5.74, 6) is 0.739. The average molecular weight is 384 g/mol. The highest BCUT2D eigenvalue weighted by atomic mass is 32.1. The maximum atomic E-state index is 12.3. The van der Waals surface area contributed by atoms with Crippen LogP contribution >= 0.6 is 11.3 Å². The second kappa shape index (κ2) is 8.50. The van der Waals surface area contributed by atoms with Gasteiger partial charge in [0.1, 0.15) is 0 Å². The molecule has 0 aliphatic carbocycles. The number of hydrogen-bond donors (Lipinski definition) is 2. The van der Waals surface area contributed by atoms with Crippen LogP contribution < -0.4 is 14.9 Å². The number of methoxy groups -OCH3 is 1. The number of carbonyl (C=O) groups excluding carboxylic acids is 1. The van der Waals surface area contributed by atoms with Crippen molar-refractivity contribution in [1.29, 1.82) is 0 Å². The van der Waals surface area contributed by atoms with E-state index in [1.54, 1.807) is 41.9 Å². The van der Waals surface area contributed by atoms with Crippen LogP contribution in [-0.2, 0) is 0 Å². The van der Waals surface area contributed by atoms with Crippen molar-refractivity contribution in [2.45, 2.75) is 20.0 Å². The van der Waals surface area contributed by atoms with E-state index in [2.05, 4.69) is 20.7 Å². The van der Waals surface area contributed by atoms with Crippen molar-refractivity contribution in [3.8, 4) is 22.1 Å². The van der Waals surface area contributed by atoms with E-state index in [9.17, 15) is 4.79 Å². The number of ether oxygens (including phenoxy) is 2. The number of nitrogens with one attached hydrogen (secondary N) is 2. The molecule has 3 rings (SSSR count). The Labute approximate surface area is 161 Å². The highest BCUT2D eigenvalue weighted by Crippen LogP contribution is 2.29. The van der Waals surface area contributed by atoms with Gasteiger partial charge >= 0.3 is 0 Å². The van der Waals surface area contributed by atoms with Gasteiger partial charge in [0, 0.05) is 11.1 Å². The molecule has 7 nitrogen and oxygen atoms in total. The van der Waals surface area contributed by atoms with Gasteiger partial charge in [0.05, 0.1) is 36.2 Å². The zero-order chi connectivity index (χ0) is 19.2. The fourth-order valence-corrected chi connectivity index (χ4v) is 3.14. The molecule has 1 amide bonds. The predicted octanol–water partition coefficient (Wildman–Crippen LogP) is 3.70. The van der Waals surface area contributed by atoms with Gasteiger partial charge in [0.25, 0.3) is 5.91 Å². The first-order valence-electron chi connectivity index (χ1n) is 8.34. The summed E-state index contributed by atoms with van der Waals surface area (Å²) >= 11 is 1.59. The summed E-state index contributed by atoms with van der Waals surface area (Å²) in [5, 5.41) is 13.0. The molecule has 140 valence electrons. The van der Waals surface area contributed by atoms with E-state index >= 15 is 0 Å². The summed E-state index contributed by atoms with van der Waals surface area (Å²) in [5.41, 5.74) is 4.59. The third-order valence-corrected chi connectivity index (χ3v) is 4.48. The lowest BCUT2D eigenvalue weighted by molar-refractivity contribution is 0.0954. The largest absolute Gasteiger partial charge is 0.493 e. The SMILES string of the molecule is COc1cc(C(=O)N/N=C/c2cn[nH]c2-c2cccs2)ccc1OC(C)C. The minimum absolute atomic E-state index is 0.00989. The van der Waals surface area contributed by atoms with E-state index < -0.39 is 0 Å². The quantitative estimate of drug-likeness (QED) is 0.480. The molecule has 1 aromatic carbocycles. The lowest BCUT2D eigenvalue weighted by Crippen LogP contribution is -2.18. The number of nitrogens with zero attached hydrogens (tertiary/aromatic N) is 2. The summed E-state index contributed by atoms with van der Waals surface area (Å²) in [4.78, 5) is 13.4. The van der Waals surface area contributed by atoms with Crippen LogP contribution in [0, 0.1) is 0 Å². The molecule has 0 aliphatic heterocycles. The standard InChI is InChI=1S/C19H20N4O3S/c1-12(2)26-15-7-6-13(9-16(15)25-3)19(24)23-21-11-14-10-20-22-18(14)17-5-4-8-27-17/h4-12H,1-3H3,(H,20,22)(H,23,24)/b21-11+. The average Bonchev–Trinajstić information content (AvgIpc) is 3.32. The lowest BCUT2D eigenvalue weighted by Gasteiger charge is -2.14. The molecule has 27 heavy (non-hydrogen) atoms. The van der Waals surface area contributed by atoms with E-state index in [1.165, 1.54) is 7.11 Å². The first-order valence-corrected chi connectivity index (χ1v) is 9.21. The van der Waals surface area contributed by atoms with E-state index in [1.807, 2.05) is 31.4 Å². The van der Waals surface area contributed by atoms with Crippen LogP contribution in [0.25, 0.3) is 10.6 Å². The monoisotopic (exact) mass is 384 g/mol. The van der Waals surface area contributed by atoms with Crippen LogP contribution in [0.5, 0.6) is 11.5 Å². The van der Waals surface area contributed by atoms with Gasteiger partial charge in [0.2, 0.25) is 0 Å². The molecule has 0 saturated carbocycles. The molecule has 0 aliphatic rings. The van der Waals surface area contributed by atoms with Gasteiger partial charge in [-0.3, -0.25) is 9.89 Å². The van der Waals surface area contributed by atoms with E-state index in [0.717, 1.165) is 16.1 Å². The molecule has 2 aromatic heterocycles. The molecule has 0 saturated heterocycles. The third kappa shape index (κ3) is 4.53. The number of benzene rings is 1. The predicted molar refractivity (Wildman–Crippen MR) is 106 cm³/mol. The van der Waals surface area contributed by atoms with Gasteiger partial charge in [-0.2, -0.15) is 10.2 Å². The Morgan fingerprint density at radius 2 is 2.19 bits per heavy atom. The Morgan fingerprint density at radius 3 is 2.89 bits per heavy atom. The molecular weight excluding hydrogens is 364 g/mol. The number of amides is 1. The summed E-state index contributed by atoms with van der Waals surface area (Å²) in [7, 11) is 1.54. The van der Waals surface area contributed by atoms with Crippen molar-refractivity contribution in [1.82, 2.24) is 15.6 Å². The maximum absolute atomic E-state index is 12.3. The maximum Gasteiger partial charge on any atom is 0.271 e. The summed E-state index contributed by atoms with van der Waals surface area (Å²) in [6, 6.07) is 8.95. The molecule has 3 aromatic rings. The Hall–Kier alpha value is -3.13. The molecule has 0 bridgehead atoms. The van der Waals surface area contributed by atoms with Gasteiger partial charge in [-0.05, 0) is 43.5 Å². The van der Waals surface area contributed by atoms with Gasteiger partial charge in [-0.1, -0.05) is 6.07 Å². The molecule has 2 heterocycles. The first-order chi connectivity index (χ1) is 13.1. The number of aromatic nitrogens is 2. The first kappa shape index (κ1) is 18.7. The van der Waals surface area contributed by atoms with Gasteiger partial charge in [-0.15, -0.1) is 11.3 Å². The molecule has 8 heteroatoms. The Balaban J connectivity index is 1.69. The molecule has 0 unspecified atom stereocenters. The summed E-state index contributed by atoms with van der Waals surface area (Å²) < 4.78 is 11.0. The summed E-state index contributed by atoms with van der Waals surface area (Å²) in [6.45, 7) is 3.85. The topological polar surface area (TPSA) is 88.6 Å². The smallest absolute Gasteiger partial charge is 0.271 e. The fraction of sp³-hybridized carbons (Fsp3) is 0.211. The van der Waals surface area contributed by atoms with Crippen LogP contribution in [0.3, 0.4) is 0 Å². The van der Waals surface area contributed by atoms with E-state index in [-0.39, 0.29) is 12.0 Å². The number of carbonyl (C=O) groups is 1. The normalized spacial score (nSPS) is 11.1. The van der Waals surface area contributed by atoms with Crippen LogP contribution in [0.2, 0.25) is 0 Å². The van der Waals surface area contributed by atoms with Crippen molar-refractivity contribution in [2.75, 3.05) is 7.11 Å². The van der Waals surface area contributed by atoms with Gasteiger partial charge in [-0.25, -0.2) is 5.43 Å². The van der Waals surface area contributed by atoms with Crippen LogP contribution in [0.15, 0.2) is 47.0 Å². The Kier molecular flexibility index (Phi) is 5.87. The minimum atomic E-state index is -0.346. The highest BCUT2D eigenvalue weighted by Gasteiger charge is 2.12. The van der Waals surface area contributed by atoms with E-state index in [0.29, 0.717) is 17.1 Å². The van der Waals surface area contributed by atoms with Crippen molar-refractivity contribution in [2.24, 2.45) is 5.10 Å². The fourth-order valence-electron chi connectivity index (χ4n) is 2.40. The van der Waals surface area contributed by atoms with Gasteiger partial charge in [0.15, 0.2) is 11.5 Å². The molecule has 0 atom stereocenters. The van der Waals surface area contributed by atoms with Gasteiger partial charge < -0.3 is 9.47 Å².